The molecule has 1 atom stereocenters. The van der Waals surface area contributed by atoms with Crippen LogP contribution in [0, 0.1) is 5.92 Å². The molecule has 1 heterocycles. The zero-order valence-corrected chi connectivity index (χ0v) is 12.3. The summed E-state index contributed by atoms with van der Waals surface area (Å²) in [7, 11) is 0. The molecule has 19 heavy (non-hydrogen) atoms. The second kappa shape index (κ2) is 5.64. The molecule has 0 saturated heterocycles. The average molecular weight is 260 g/mol. The van der Waals surface area contributed by atoms with Crippen molar-refractivity contribution in [3.8, 4) is 0 Å². The van der Waals surface area contributed by atoms with Gasteiger partial charge >= 0.3 is 0 Å². The molecule has 0 fully saturated rings. The topological polar surface area (TPSA) is 32.3 Å². The summed E-state index contributed by atoms with van der Waals surface area (Å²) in [6.45, 7) is 9.30. The molecule has 1 amide bonds. The van der Waals surface area contributed by atoms with Crippen LogP contribution in [0.1, 0.15) is 33.3 Å². The lowest BCUT2D eigenvalue weighted by Crippen LogP contribution is -2.47. The SMILES string of the molecule is CC(C)CN(C(=O)[C@@H]1Cc2ccccc2N1)C(C)C. The quantitative estimate of drug-likeness (QED) is 0.902. The summed E-state index contributed by atoms with van der Waals surface area (Å²) in [5.74, 6) is 0.718. The lowest BCUT2D eigenvalue weighted by Gasteiger charge is -2.31. The van der Waals surface area contributed by atoms with Crippen molar-refractivity contribution in [3.05, 3.63) is 29.8 Å². The first-order chi connectivity index (χ1) is 8.99. The lowest BCUT2D eigenvalue weighted by atomic mass is 10.1. The van der Waals surface area contributed by atoms with Gasteiger partial charge in [0.2, 0.25) is 5.91 Å². The summed E-state index contributed by atoms with van der Waals surface area (Å²) in [5, 5.41) is 3.35. The molecule has 1 N–H and O–H groups in total. The van der Waals surface area contributed by atoms with E-state index in [4.69, 9.17) is 0 Å². The maximum atomic E-state index is 12.7. The van der Waals surface area contributed by atoms with E-state index < -0.39 is 0 Å². The van der Waals surface area contributed by atoms with E-state index in [2.05, 4.69) is 39.1 Å². The Balaban J connectivity index is 2.08. The standard InChI is InChI=1S/C16H24N2O/c1-11(2)10-18(12(3)4)16(19)15-9-13-7-5-6-8-14(13)17-15/h5-8,11-12,15,17H,9-10H2,1-4H3/t15-/m0/s1. The molecule has 2 rings (SSSR count). The number of fused-ring (bicyclic) bond motifs is 1. The number of carbonyl (C=O) groups is 1. The van der Waals surface area contributed by atoms with Gasteiger partial charge in [-0.15, -0.1) is 0 Å². The van der Waals surface area contributed by atoms with Gasteiger partial charge in [-0.3, -0.25) is 4.79 Å². The van der Waals surface area contributed by atoms with Gasteiger partial charge in [0.15, 0.2) is 0 Å². The van der Waals surface area contributed by atoms with E-state index in [1.54, 1.807) is 0 Å². The molecule has 0 aromatic heterocycles. The number of benzene rings is 1. The number of nitrogens with one attached hydrogen (secondary N) is 1. The molecule has 1 aromatic rings. The van der Waals surface area contributed by atoms with Crippen LogP contribution >= 0.6 is 0 Å². The second-order valence-electron chi connectivity index (χ2n) is 6.04. The molecule has 0 radical (unpaired) electrons. The van der Waals surface area contributed by atoms with Crippen LogP contribution in [-0.4, -0.2) is 29.4 Å². The van der Waals surface area contributed by atoms with Gasteiger partial charge in [-0.25, -0.2) is 0 Å². The minimum Gasteiger partial charge on any atom is -0.373 e. The van der Waals surface area contributed by atoms with Crippen LogP contribution in [-0.2, 0) is 11.2 Å². The van der Waals surface area contributed by atoms with Gasteiger partial charge in [0.25, 0.3) is 0 Å². The van der Waals surface area contributed by atoms with Gasteiger partial charge in [0.1, 0.15) is 6.04 Å². The number of carbonyl (C=O) groups excluding carboxylic acids is 1. The van der Waals surface area contributed by atoms with Crippen molar-refractivity contribution < 1.29 is 4.79 Å². The summed E-state index contributed by atoms with van der Waals surface area (Å²) < 4.78 is 0. The maximum absolute atomic E-state index is 12.7. The van der Waals surface area contributed by atoms with Crippen LogP contribution in [0.4, 0.5) is 5.69 Å². The van der Waals surface area contributed by atoms with Gasteiger partial charge in [-0.05, 0) is 31.4 Å². The maximum Gasteiger partial charge on any atom is 0.245 e. The molecule has 104 valence electrons. The zero-order chi connectivity index (χ0) is 14.0. The van der Waals surface area contributed by atoms with E-state index in [1.807, 2.05) is 23.1 Å². The van der Waals surface area contributed by atoms with E-state index in [-0.39, 0.29) is 18.0 Å². The van der Waals surface area contributed by atoms with E-state index in [0.717, 1.165) is 18.7 Å². The number of hydrogen-bond donors (Lipinski definition) is 1. The van der Waals surface area contributed by atoms with Crippen LogP contribution in [0.2, 0.25) is 0 Å². The van der Waals surface area contributed by atoms with Gasteiger partial charge in [0, 0.05) is 24.7 Å². The van der Waals surface area contributed by atoms with Gasteiger partial charge in [0.05, 0.1) is 0 Å². The lowest BCUT2D eigenvalue weighted by molar-refractivity contribution is -0.134. The smallest absolute Gasteiger partial charge is 0.245 e. The molecule has 0 bridgehead atoms. The third-order valence-electron chi connectivity index (χ3n) is 3.54. The molecule has 3 heteroatoms. The Labute approximate surface area is 116 Å². The normalized spacial score (nSPS) is 17.5. The molecule has 0 aliphatic carbocycles. The number of anilines is 1. The fourth-order valence-corrected chi connectivity index (χ4v) is 2.60. The van der Waals surface area contributed by atoms with Crippen molar-refractivity contribution in [1.29, 1.82) is 0 Å². The summed E-state index contributed by atoms with van der Waals surface area (Å²) in [4.78, 5) is 14.6. The molecular weight excluding hydrogens is 236 g/mol. The highest BCUT2D eigenvalue weighted by Crippen LogP contribution is 2.26. The summed E-state index contributed by atoms with van der Waals surface area (Å²) in [6, 6.07) is 8.33. The predicted molar refractivity (Wildman–Crippen MR) is 79.2 cm³/mol. The number of rotatable bonds is 4. The van der Waals surface area contributed by atoms with Crippen molar-refractivity contribution in [3.63, 3.8) is 0 Å². The van der Waals surface area contributed by atoms with Crippen LogP contribution in [0.25, 0.3) is 0 Å². The first-order valence-electron chi connectivity index (χ1n) is 7.14. The predicted octanol–water partition coefficient (Wildman–Crippen LogP) is 2.92. The molecule has 0 saturated carbocycles. The van der Waals surface area contributed by atoms with Crippen molar-refractivity contribution in [2.75, 3.05) is 11.9 Å². The zero-order valence-electron chi connectivity index (χ0n) is 12.3. The highest BCUT2D eigenvalue weighted by molar-refractivity contribution is 5.87. The highest BCUT2D eigenvalue weighted by atomic mass is 16.2. The van der Waals surface area contributed by atoms with Crippen LogP contribution in [0.15, 0.2) is 24.3 Å². The Morgan fingerprint density at radius 1 is 1.32 bits per heavy atom. The Hall–Kier alpha value is -1.51. The minimum absolute atomic E-state index is 0.0986. The minimum atomic E-state index is -0.0986. The summed E-state index contributed by atoms with van der Waals surface area (Å²) in [6.07, 6.45) is 0.802. The average Bonchev–Trinajstić information content (AvgIpc) is 2.78. The molecule has 0 unspecified atom stereocenters. The summed E-state index contributed by atoms with van der Waals surface area (Å²) >= 11 is 0. The van der Waals surface area contributed by atoms with E-state index in [1.165, 1.54) is 5.56 Å². The van der Waals surface area contributed by atoms with Crippen molar-refractivity contribution >= 4 is 11.6 Å². The van der Waals surface area contributed by atoms with Crippen molar-refractivity contribution in [2.45, 2.75) is 46.2 Å². The fourth-order valence-electron chi connectivity index (χ4n) is 2.60. The van der Waals surface area contributed by atoms with Crippen LogP contribution in [0.5, 0.6) is 0 Å². The number of para-hydroxylation sites is 1. The Morgan fingerprint density at radius 3 is 2.58 bits per heavy atom. The Morgan fingerprint density at radius 2 is 2.00 bits per heavy atom. The monoisotopic (exact) mass is 260 g/mol. The van der Waals surface area contributed by atoms with Crippen molar-refractivity contribution in [2.24, 2.45) is 5.92 Å². The van der Waals surface area contributed by atoms with Gasteiger partial charge in [-0.1, -0.05) is 32.0 Å². The third-order valence-corrected chi connectivity index (χ3v) is 3.54. The molecule has 0 spiro atoms. The number of hydrogen-bond acceptors (Lipinski definition) is 2. The van der Waals surface area contributed by atoms with Crippen LogP contribution < -0.4 is 5.32 Å². The molecule has 3 nitrogen and oxygen atoms in total. The van der Waals surface area contributed by atoms with Gasteiger partial charge < -0.3 is 10.2 Å². The molecule has 1 aliphatic rings. The van der Waals surface area contributed by atoms with Crippen LogP contribution in [0.3, 0.4) is 0 Å². The number of nitrogens with zero attached hydrogens (tertiary/aromatic N) is 1. The first kappa shape index (κ1) is 13.9. The van der Waals surface area contributed by atoms with E-state index >= 15 is 0 Å². The molecule has 1 aromatic carbocycles. The Bertz CT molecular complexity index is 429. The largest absolute Gasteiger partial charge is 0.373 e. The van der Waals surface area contributed by atoms with E-state index in [0.29, 0.717) is 5.92 Å². The molecular formula is C16H24N2O. The third kappa shape index (κ3) is 3.09. The molecule has 1 aliphatic heterocycles. The second-order valence-corrected chi connectivity index (χ2v) is 6.04. The Kier molecular flexibility index (Phi) is 4.13. The fraction of sp³-hybridized carbons (Fsp3) is 0.562. The van der Waals surface area contributed by atoms with E-state index in [9.17, 15) is 4.79 Å². The van der Waals surface area contributed by atoms with Gasteiger partial charge in [-0.2, -0.15) is 0 Å². The summed E-state index contributed by atoms with van der Waals surface area (Å²) in [5.41, 5.74) is 2.35. The number of amides is 1. The van der Waals surface area contributed by atoms with Crippen molar-refractivity contribution in [1.82, 2.24) is 4.90 Å². The highest BCUT2D eigenvalue weighted by Gasteiger charge is 2.31. The first-order valence-corrected chi connectivity index (χ1v) is 7.14.